The molecule has 5 heteroatoms. The Morgan fingerprint density at radius 1 is 1.25 bits per heavy atom. The summed E-state index contributed by atoms with van der Waals surface area (Å²) in [5.74, 6) is 0.399. The zero-order valence-corrected chi connectivity index (χ0v) is 12.3. The number of rotatable bonds is 2. The van der Waals surface area contributed by atoms with E-state index in [1.165, 1.54) is 0 Å². The van der Waals surface area contributed by atoms with Crippen LogP contribution in [-0.2, 0) is 0 Å². The maximum atomic E-state index is 12.2. The number of amides is 1. The number of carbonyl (C=O) groups is 1. The number of fused-ring (bicyclic) bond motifs is 1. The van der Waals surface area contributed by atoms with Crippen LogP contribution in [0.3, 0.4) is 0 Å². The van der Waals surface area contributed by atoms with Gasteiger partial charge in [-0.05, 0) is 46.3 Å². The van der Waals surface area contributed by atoms with E-state index in [0.717, 1.165) is 15.7 Å². The van der Waals surface area contributed by atoms with Crippen LogP contribution in [0.15, 0.2) is 51.4 Å². The highest BCUT2D eigenvalue weighted by Crippen LogP contribution is 2.23. The molecule has 100 valence electrons. The highest BCUT2D eigenvalue weighted by Gasteiger charge is 2.10. The highest BCUT2D eigenvalue weighted by molar-refractivity contribution is 9.10. The first-order valence-electron chi connectivity index (χ1n) is 6.06. The van der Waals surface area contributed by atoms with E-state index in [1.807, 2.05) is 24.3 Å². The quantitative estimate of drug-likeness (QED) is 0.767. The van der Waals surface area contributed by atoms with Crippen LogP contribution in [0.2, 0.25) is 0 Å². The standard InChI is InChI=1S/C15H11BrN2O2/c1-9-17-13-7-6-10(8-14(13)20-9)15(19)18-12-5-3-2-4-11(12)16/h2-8H,1H3,(H,18,19). The smallest absolute Gasteiger partial charge is 0.255 e. The first-order chi connectivity index (χ1) is 9.63. The van der Waals surface area contributed by atoms with Gasteiger partial charge in [-0.2, -0.15) is 0 Å². The number of hydrogen-bond acceptors (Lipinski definition) is 3. The summed E-state index contributed by atoms with van der Waals surface area (Å²) < 4.78 is 6.27. The Labute approximate surface area is 123 Å². The Morgan fingerprint density at radius 3 is 2.85 bits per heavy atom. The van der Waals surface area contributed by atoms with E-state index in [0.29, 0.717) is 17.0 Å². The fourth-order valence-electron chi connectivity index (χ4n) is 1.94. The molecular weight excluding hydrogens is 320 g/mol. The fraction of sp³-hybridized carbons (Fsp3) is 0.0667. The largest absolute Gasteiger partial charge is 0.441 e. The fourth-order valence-corrected chi connectivity index (χ4v) is 2.32. The maximum Gasteiger partial charge on any atom is 0.255 e. The topological polar surface area (TPSA) is 55.1 Å². The molecule has 0 radical (unpaired) electrons. The predicted molar refractivity (Wildman–Crippen MR) is 80.8 cm³/mol. The maximum absolute atomic E-state index is 12.2. The summed E-state index contributed by atoms with van der Waals surface area (Å²) in [7, 11) is 0. The summed E-state index contributed by atoms with van der Waals surface area (Å²) in [5.41, 5.74) is 2.62. The lowest BCUT2D eigenvalue weighted by molar-refractivity contribution is 0.102. The van der Waals surface area contributed by atoms with Crippen molar-refractivity contribution < 1.29 is 9.21 Å². The first kappa shape index (κ1) is 12.9. The van der Waals surface area contributed by atoms with Gasteiger partial charge in [0.05, 0.1) is 5.69 Å². The number of oxazole rings is 1. The Hall–Kier alpha value is -2.14. The second-order valence-electron chi connectivity index (χ2n) is 4.35. The van der Waals surface area contributed by atoms with Crippen molar-refractivity contribution in [2.75, 3.05) is 5.32 Å². The molecule has 1 N–H and O–H groups in total. The molecule has 0 saturated carbocycles. The number of anilines is 1. The van der Waals surface area contributed by atoms with Gasteiger partial charge in [0, 0.05) is 17.0 Å². The third kappa shape index (κ3) is 2.44. The van der Waals surface area contributed by atoms with Gasteiger partial charge in [-0.15, -0.1) is 0 Å². The number of nitrogens with zero attached hydrogens (tertiary/aromatic N) is 1. The van der Waals surface area contributed by atoms with E-state index in [4.69, 9.17) is 4.42 Å². The molecule has 3 rings (SSSR count). The number of benzene rings is 2. The second-order valence-corrected chi connectivity index (χ2v) is 5.20. The van der Waals surface area contributed by atoms with Crippen LogP contribution in [-0.4, -0.2) is 10.9 Å². The summed E-state index contributed by atoms with van der Waals surface area (Å²) >= 11 is 3.40. The van der Waals surface area contributed by atoms with E-state index in [9.17, 15) is 4.79 Å². The third-order valence-electron chi connectivity index (χ3n) is 2.88. The number of halogens is 1. The Kier molecular flexibility index (Phi) is 3.28. The molecule has 1 aromatic heterocycles. The molecule has 0 aliphatic carbocycles. The van der Waals surface area contributed by atoms with Gasteiger partial charge in [0.2, 0.25) is 0 Å². The molecule has 1 heterocycles. The van der Waals surface area contributed by atoms with Crippen LogP contribution in [0, 0.1) is 6.92 Å². The number of aryl methyl sites for hydroxylation is 1. The van der Waals surface area contributed by atoms with Crippen molar-refractivity contribution >= 4 is 38.6 Å². The van der Waals surface area contributed by atoms with Gasteiger partial charge in [0.15, 0.2) is 11.5 Å². The molecule has 20 heavy (non-hydrogen) atoms. The van der Waals surface area contributed by atoms with E-state index in [1.54, 1.807) is 25.1 Å². The lowest BCUT2D eigenvalue weighted by Crippen LogP contribution is -2.12. The average Bonchev–Trinajstić information content (AvgIpc) is 2.80. The molecule has 0 fully saturated rings. The van der Waals surface area contributed by atoms with Gasteiger partial charge in [0.25, 0.3) is 5.91 Å². The third-order valence-corrected chi connectivity index (χ3v) is 3.57. The zero-order valence-electron chi connectivity index (χ0n) is 10.7. The van der Waals surface area contributed by atoms with Crippen LogP contribution in [0.25, 0.3) is 11.1 Å². The minimum Gasteiger partial charge on any atom is -0.441 e. The molecule has 0 atom stereocenters. The van der Waals surface area contributed by atoms with Crippen molar-refractivity contribution in [1.82, 2.24) is 4.98 Å². The first-order valence-corrected chi connectivity index (χ1v) is 6.86. The van der Waals surface area contributed by atoms with Gasteiger partial charge < -0.3 is 9.73 Å². The predicted octanol–water partition coefficient (Wildman–Crippen LogP) is 4.15. The molecule has 4 nitrogen and oxygen atoms in total. The van der Waals surface area contributed by atoms with Crippen LogP contribution in [0.4, 0.5) is 5.69 Å². The number of aromatic nitrogens is 1. The Morgan fingerprint density at radius 2 is 2.05 bits per heavy atom. The lowest BCUT2D eigenvalue weighted by Gasteiger charge is -2.06. The normalized spacial score (nSPS) is 10.7. The van der Waals surface area contributed by atoms with Gasteiger partial charge in [-0.3, -0.25) is 4.79 Å². The summed E-state index contributed by atoms with van der Waals surface area (Å²) in [4.78, 5) is 16.4. The Balaban J connectivity index is 1.90. The van der Waals surface area contributed by atoms with E-state index in [2.05, 4.69) is 26.2 Å². The molecule has 1 amide bonds. The Bertz CT molecular complexity index is 795. The van der Waals surface area contributed by atoms with E-state index in [-0.39, 0.29) is 5.91 Å². The molecule has 2 aromatic carbocycles. The number of hydrogen-bond donors (Lipinski definition) is 1. The van der Waals surface area contributed by atoms with Crippen molar-refractivity contribution in [2.45, 2.75) is 6.92 Å². The lowest BCUT2D eigenvalue weighted by atomic mass is 10.2. The number of nitrogens with one attached hydrogen (secondary N) is 1. The molecule has 0 bridgehead atoms. The van der Waals surface area contributed by atoms with Crippen molar-refractivity contribution in [3.63, 3.8) is 0 Å². The molecule has 3 aromatic rings. The second kappa shape index (κ2) is 5.09. The van der Waals surface area contributed by atoms with E-state index >= 15 is 0 Å². The van der Waals surface area contributed by atoms with Gasteiger partial charge in [-0.1, -0.05) is 12.1 Å². The summed E-state index contributed by atoms with van der Waals surface area (Å²) in [5, 5.41) is 2.85. The average molecular weight is 331 g/mol. The van der Waals surface area contributed by atoms with Gasteiger partial charge in [-0.25, -0.2) is 4.98 Å². The van der Waals surface area contributed by atoms with Crippen molar-refractivity contribution in [1.29, 1.82) is 0 Å². The highest BCUT2D eigenvalue weighted by atomic mass is 79.9. The van der Waals surface area contributed by atoms with Crippen molar-refractivity contribution in [3.8, 4) is 0 Å². The molecule has 0 saturated heterocycles. The minimum atomic E-state index is -0.187. The molecule has 0 spiro atoms. The molecule has 0 unspecified atom stereocenters. The number of carbonyl (C=O) groups excluding carboxylic acids is 1. The van der Waals surface area contributed by atoms with Crippen LogP contribution in [0.1, 0.15) is 16.2 Å². The minimum absolute atomic E-state index is 0.187. The van der Waals surface area contributed by atoms with Crippen molar-refractivity contribution in [3.05, 3.63) is 58.4 Å². The number of para-hydroxylation sites is 1. The zero-order chi connectivity index (χ0) is 14.1. The van der Waals surface area contributed by atoms with Crippen molar-refractivity contribution in [2.24, 2.45) is 0 Å². The summed E-state index contributed by atoms with van der Waals surface area (Å²) in [6.07, 6.45) is 0. The van der Waals surface area contributed by atoms with Crippen LogP contribution < -0.4 is 5.32 Å². The van der Waals surface area contributed by atoms with E-state index < -0.39 is 0 Å². The van der Waals surface area contributed by atoms with Gasteiger partial charge >= 0.3 is 0 Å². The summed E-state index contributed by atoms with van der Waals surface area (Å²) in [6, 6.07) is 12.7. The molecular formula is C15H11BrN2O2. The van der Waals surface area contributed by atoms with Crippen LogP contribution >= 0.6 is 15.9 Å². The van der Waals surface area contributed by atoms with Crippen LogP contribution in [0.5, 0.6) is 0 Å². The monoisotopic (exact) mass is 330 g/mol. The van der Waals surface area contributed by atoms with Gasteiger partial charge in [0.1, 0.15) is 5.52 Å². The summed E-state index contributed by atoms with van der Waals surface area (Å²) in [6.45, 7) is 1.78. The molecule has 0 aliphatic rings. The molecule has 0 aliphatic heterocycles. The SMILES string of the molecule is Cc1nc2ccc(C(=O)Nc3ccccc3Br)cc2o1.